The van der Waals surface area contributed by atoms with E-state index in [1.165, 1.54) is 9.21 Å². The van der Waals surface area contributed by atoms with Gasteiger partial charge >= 0.3 is 6.03 Å². The highest BCUT2D eigenvalue weighted by Gasteiger charge is 2.28. The summed E-state index contributed by atoms with van der Waals surface area (Å²) in [7, 11) is -3.82. The molecule has 0 radical (unpaired) electrons. The van der Waals surface area contributed by atoms with Crippen molar-refractivity contribution < 1.29 is 13.2 Å². The number of nitrogens with zero attached hydrogens (tertiary/aromatic N) is 5. The second-order valence-corrected chi connectivity index (χ2v) is 7.63. The van der Waals surface area contributed by atoms with Gasteiger partial charge < -0.3 is 4.90 Å². The lowest BCUT2D eigenvalue weighted by molar-refractivity contribution is 0.206. The van der Waals surface area contributed by atoms with Crippen LogP contribution in [0.3, 0.4) is 0 Å². The van der Waals surface area contributed by atoms with Gasteiger partial charge in [-0.1, -0.05) is 45.3 Å². The summed E-state index contributed by atoms with van der Waals surface area (Å²) in [6.07, 6.45) is 8.18. The van der Waals surface area contributed by atoms with E-state index in [9.17, 15) is 13.2 Å². The van der Waals surface area contributed by atoms with Gasteiger partial charge in [-0.05, 0) is 6.42 Å². The van der Waals surface area contributed by atoms with Crippen LogP contribution in [0.4, 0.5) is 4.79 Å². The van der Waals surface area contributed by atoms with E-state index >= 15 is 0 Å². The molecular weight excluding hydrogens is 354 g/mol. The van der Waals surface area contributed by atoms with Gasteiger partial charge in [0.05, 0.1) is 0 Å². The lowest BCUT2D eigenvalue weighted by Gasteiger charge is -2.19. The van der Waals surface area contributed by atoms with Crippen molar-refractivity contribution in [2.45, 2.75) is 44.7 Å². The van der Waals surface area contributed by atoms with Gasteiger partial charge in [-0.15, -0.1) is 18.3 Å². The molecule has 0 aliphatic heterocycles. The molecule has 9 heteroatoms. The summed E-state index contributed by atoms with van der Waals surface area (Å²) in [6, 6.07) is -0.482. The van der Waals surface area contributed by atoms with Crippen LogP contribution in [0.15, 0.2) is 36.8 Å². The molecule has 0 atom stereocenters. The van der Waals surface area contributed by atoms with Gasteiger partial charge in [-0.2, -0.15) is 8.99 Å². The van der Waals surface area contributed by atoms with Crippen LogP contribution >= 0.6 is 0 Å². The van der Waals surface area contributed by atoms with E-state index < -0.39 is 16.1 Å². The average molecular weight is 384 g/mol. The van der Waals surface area contributed by atoms with Crippen molar-refractivity contribution in [1.82, 2.24) is 24.0 Å². The van der Waals surface area contributed by atoms with Crippen LogP contribution in [0.1, 0.15) is 39.5 Å². The Balaban J connectivity index is 2.93. The molecule has 1 rings (SSSR count). The Labute approximate surface area is 156 Å². The Kier molecular flexibility index (Phi) is 9.22. The number of amides is 1. The van der Waals surface area contributed by atoms with E-state index in [4.69, 9.17) is 0 Å². The summed E-state index contributed by atoms with van der Waals surface area (Å²) >= 11 is 0. The standard InChI is InChI=1S/C17H29N5O3S/c1-5-9-10-11-14-21(8-4)26(24,25)16-18-15-22(19-16)17(23)20(12-6-2)13-7-3/h6-7,15H,2-3,5,8-14H2,1,4H3. The van der Waals surface area contributed by atoms with Crippen molar-refractivity contribution in [3.63, 3.8) is 0 Å². The number of carbonyl (C=O) groups is 1. The molecule has 0 saturated heterocycles. The molecule has 1 amide bonds. The van der Waals surface area contributed by atoms with E-state index in [2.05, 4.69) is 30.2 Å². The molecule has 8 nitrogen and oxygen atoms in total. The Morgan fingerprint density at radius 1 is 1.19 bits per heavy atom. The molecule has 146 valence electrons. The molecule has 0 aliphatic carbocycles. The predicted octanol–water partition coefficient (Wildman–Crippen LogP) is 2.51. The second kappa shape index (κ2) is 10.9. The number of carbonyl (C=O) groups excluding carboxylic acids is 1. The maximum absolute atomic E-state index is 12.7. The molecule has 1 aromatic heterocycles. The highest BCUT2D eigenvalue weighted by molar-refractivity contribution is 7.88. The summed E-state index contributed by atoms with van der Waals surface area (Å²) in [6.45, 7) is 12.4. The molecule has 0 bridgehead atoms. The SMILES string of the molecule is C=CCN(CC=C)C(=O)n1cnc(S(=O)(=O)N(CC)CCCCCC)n1. The first kappa shape index (κ1) is 22.0. The van der Waals surface area contributed by atoms with Crippen molar-refractivity contribution in [3.05, 3.63) is 31.6 Å². The van der Waals surface area contributed by atoms with Crippen LogP contribution < -0.4 is 0 Å². The number of rotatable bonds is 12. The molecular formula is C17H29N5O3S. The molecule has 0 N–H and O–H groups in total. The molecule has 0 unspecified atom stereocenters. The lowest BCUT2D eigenvalue weighted by Crippen LogP contribution is -2.36. The number of sulfonamides is 1. The minimum Gasteiger partial charge on any atom is -0.315 e. The normalized spacial score (nSPS) is 11.5. The molecule has 26 heavy (non-hydrogen) atoms. The fourth-order valence-corrected chi connectivity index (χ4v) is 3.74. The first-order chi connectivity index (χ1) is 12.4. The minimum absolute atomic E-state index is 0.297. The number of hydrogen-bond acceptors (Lipinski definition) is 5. The Hall–Kier alpha value is -2.00. The van der Waals surface area contributed by atoms with Crippen molar-refractivity contribution in [3.8, 4) is 0 Å². The van der Waals surface area contributed by atoms with Gasteiger partial charge in [-0.3, -0.25) is 0 Å². The topological polar surface area (TPSA) is 88.4 Å². The molecule has 0 aromatic carbocycles. The van der Waals surface area contributed by atoms with Crippen molar-refractivity contribution in [2.24, 2.45) is 0 Å². The van der Waals surface area contributed by atoms with Gasteiger partial charge in [0.15, 0.2) is 0 Å². The summed E-state index contributed by atoms with van der Waals surface area (Å²) in [5.41, 5.74) is 0. The quantitative estimate of drug-likeness (QED) is 0.409. The fraction of sp³-hybridized carbons (Fsp3) is 0.588. The molecule has 0 saturated carbocycles. The zero-order valence-corrected chi connectivity index (χ0v) is 16.5. The predicted molar refractivity (Wildman–Crippen MR) is 101 cm³/mol. The van der Waals surface area contributed by atoms with E-state index in [0.717, 1.165) is 36.7 Å². The second-order valence-electron chi connectivity index (χ2n) is 5.79. The zero-order valence-electron chi connectivity index (χ0n) is 15.7. The van der Waals surface area contributed by atoms with Crippen LogP contribution in [0.2, 0.25) is 0 Å². The average Bonchev–Trinajstić information content (AvgIpc) is 3.11. The maximum atomic E-state index is 12.7. The zero-order chi connectivity index (χ0) is 19.6. The van der Waals surface area contributed by atoms with Crippen LogP contribution in [0, 0.1) is 0 Å². The monoisotopic (exact) mass is 383 g/mol. The molecule has 1 heterocycles. The number of hydrogen-bond donors (Lipinski definition) is 0. The third-order valence-corrected chi connectivity index (χ3v) is 5.59. The fourth-order valence-electron chi connectivity index (χ4n) is 2.42. The van der Waals surface area contributed by atoms with Crippen LogP contribution in [0.5, 0.6) is 0 Å². The van der Waals surface area contributed by atoms with Gasteiger partial charge in [0.1, 0.15) is 6.33 Å². The number of unbranched alkanes of at least 4 members (excludes halogenated alkanes) is 3. The smallest absolute Gasteiger partial charge is 0.315 e. The largest absolute Gasteiger partial charge is 0.346 e. The Morgan fingerprint density at radius 2 is 1.85 bits per heavy atom. The lowest BCUT2D eigenvalue weighted by atomic mass is 10.2. The third-order valence-electron chi connectivity index (χ3n) is 3.82. The molecule has 0 aliphatic rings. The first-order valence-electron chi connectivity index (χ1n) is 8.85. The highest BCUT2D eigenvalue weighted by Crippen LogP contribution is 2.13. The van der Waals surface area contributed by atoms with E-state index in [1.807, 2.05) is 0 Å². The Bertz CT molecular complexity index is 689. The molecule has 1 aromatic rings. The summed E-state index contributed by atoms with van der Waals surface area (Å²) in [5, 5.41) is 3.54. The van der Waals surface area contributed by atoms with E-state index in [-0.39, 0.29) is 5.16 Å². The summed E-state index contributed by atoms with van der Waals surface area (Å²) in [4.78, 5) is 17.7. The minimum atomic E-state index is -3.82. The highest BCUT2D eigenvalue weighted by atomic mass is 32.2. The Morgan fingerprint density at radius 3 is 2.38 bits per heavy atom. The summed E-state index contributed by atoms with van der Waals surface area (Å²) < 4.78 is 27.7. The van der Waals surface area contributed by atoms with E-state index in [0.29, 0.717) is 26.2 Å². The van der Waals surface area contributed by atoms with Gasteiger partial charge in [0.2, 0.25) is 0 Å². The van der Waals surface area contributed by atoms with Gasteiger partial charge in [0, 0.05) is 26.2 Å². The summed E-state index contributed by atoms with van der Waals surface area (Å²) in [5.74, 6) is 0. The van der Waals surface area contributed by atoms with Gasteiger partial charge in [0.25, 0.3) is 15.2 Å². The van der Waals surface area contributed by atoms with E-state index in [1.54, 1.807) is 19.1 Å². The maximum Gasteiger partial charge on any atom is 0.346 e. The molecule has 0 fully saturated rings. The number of aromatic nitrogens is 3. The van der Waals surface area contributed by atoms with Crippen LogP contribution in [-0.2, 0) is 10.0 Å². The van der Waals surface area contributed by atoms with Crippen LogP contribution in [0.25, 0.3) is 0 Å². The molecule has 0 spiro atoms. The van der Waals surface area contributed by atoms with Crippen molar-refractivity contribution >= 4 is 16.1 Å². The van der Waals surface area contributed by atoms with Gasteiger partial charge in [-0.25, -0.2) is 18.2 Å². The van der Waals surface area contributed by atoms with Crippen molar-refractivity contribution in [1.29, 1.82) is 0 Å². The third kappa shape index (κ3) is 5.77. The van der Waals surface area contributed by atoms with Crippen molar-refractivity contribution in [2.75, 3.05) is 26.2 Å². The first-order valence-corrected chi connectivity index (χ1v) is 10.3. The van der Waals surface area contributed by atoms with Crippen LogP contribution in [-0.4, -0.2) is 64.6 Å².